The number of rotatable bonds is 0. The van der Waals surface area contributed by atoms with Gasteiger partial charge in [0.05, 0.1) is 4.48 Å². The molecule has 0 atom stereocenters. The Morgan fingerprint density at radius 3 is 2.22 bits per heavy atom. The Labute approximate surface area is 61.3 Å². The standard InChI is InChI=1S/C4HBBrNO2/c5-7-3(8)1-2(6)4(7)9/h1H. The fourth-order valence-corrected chi connectivity index (χ4v) is 0.842. The van der Waals surface area contributed by atoms with Crippen LogP contribution in [0.25, 0.3) is 0 Å². The lowest BCUT2D eigenvalue weighted by Crippen LogP contribution is -2.27. The van der Waals surface area contributed by atoms with E-state index in [9.17, 15) is 9.59 Å². The molecular weight excluding hydrogens is 185 g/mol. The van der Waals surface area contributed by atoms with Gasteiger partial charge >= 0.3 is 0 Å². The summed E-state index contributed by atoms with van der Waals surface area (Å²) in [5.74, 6) is -0.994. The highest BCUT2D eigenvalue weighted by Crippen LogP contribution is 2.14. The highest BCUT2D eigenvalue weighted by atomic mass is 79.9. The number of hydrogen-bond donors (Lipinski definition) is 0. The smallest absolute Gasteiger partial charge is 0.254 e. The van der Waals surface area contributed by atoms with E-state index in [1.165, 1.54) is 0 Å². The zero-order valence-corrected chi connectivity index (χ0v) is 5.88. The largest absolute Gasteiger partial charge is 0.333 e. The molecule has 0 unspecified atom stereocenters. The van der Waals surface area contributed by atoms with E-state index in [-0.39, 0.29) is 4.48 Å². The van der Waals surface area contributed by atoms with Crippen LogP contribution in [0.1, 0.15) is 0 Å². The summed E-state index contributed by atoms with van der Waals surface area (Å²) >= 11 is 2.85. The Hall–Kier alpha value is -0.575. The molecule has 1 aliphatic heterocycles. The molecule has 2 radical (unpaired) electrons. The molecular formula is C4HBBrNO2. The van der Waals surface area contributed by atoms with Crippen molar-refractivity contribution in [3.8, 4) is 0 Å². The Bertz CT molecular complexity index is 213. The van der Waals surface area contributed by atoms with Gasteiger partial charge in [0.1, 0.15) is 0 Å². The van der Waals surface area contributed by atoms with Crippen molar-refractivity contribution in [2.45, 2.75) is 0 Å². The molecule has 0 saturated carbocycles. The van der Waals surface area contributed by atoms with Gasteiger partial charge in [-0.1, -0.05) is 0 Å². The number of nitrogens with zero attached hydrogens (tertiary/aromatic N) is 1. The Morgan fingerprint density at radius 2 is 2.11 bits per heavy atom. The van der Waals surface area contributed by atoms with Crippen LogP contribution in [0.2, 0.25) is 0 Å². The fourth-order valence-electron chi connectivity index (χ4n) is 0.455. The monoisotopic (exact) mass is 185 g/mol. The molecule has 44 valence electrons. The summed E-state index contributed by atoms with van der Waals surface area (Å²) in [4.78, 5) is 21.6. The van der Waals surface area contributed by atoms with Gasteiger partial charge < -0.3 is 4.81 Å². The quantitative estimate of drug-likeness (QED) is 0.385. The Balaban J connectivity index is 2.95. The molecule has 0 spiro atoms. The van der Waals surface area contributed by atoms with Gasteiger partial charge in [0, 0.05) is 6.08 Å². The zero-order valence-electron chi connectivity index (χ0n) is 4.30. The van der Waals surface area contributed by atoms with Gasteiger partial charge in [-0.25, -0.2) is 0 Å². The number of imide groups is 1. The third-order valence-electron chi connectivity index (χ3n) is 0.911. The predicted molar refractivity (Wildman–Crippen MR) is 34.6 cm³/mol. The van der Waals surface area contributed by atoms with E-state index in [1.807, 2.05) is 0 Å². The van der Waals surface area contributed by atoms with E-state index < -0.39 is 11.8 Å². The van der Waals surface area contributed by atoms with Crippen molar-refractivity contribution in [3.63, 3.8) is 0 Å². The topological polar surface area (TPSA) is 37.4 Å². The number of carbonyl (C=O) groups excluding carboxylic acids is 2. The Morgan fingerprint density at radius 1 is 1.56 bits per heavy atom. The minimum atomic E-state index is -0.500. The first-order valence-electron chi connectivity index (χ1n) is 2.13. The zero-order chi connectivity index (χ0) is 7.02. The van der Waals surface area contributed by atoms with Crippen molar-refractivity contribution >= 4 is 35.7 Å². The molecule has 3 nitrogen and oxygen atoms in total. The summed E-state index contributed by atoms with van der Waals surface area (Å²) in [7, 11) is 4.96. The number of hydrogen-bond acceptors (Lipinski definition) is 2. The van der Waals surface area contributed by atoms with Crippen molar-refractivity contribution in [2.24, 2.45) is 0 Å². The van der Waals surface area contributed by atoms with Crippen LogP contribution < -0.4 is 0 Å². The van der Waals surface area contributed by atoms with E-state index in [1.54, 1.807) is 0 Å². The molecule has 0 aromatic heterocycles. The number of amides is 2. The van der Waals surface area contributed by atoms with Crippen molar-refractivity contribution in [2.75, 3.05) is 0 Å². The van der Waals surface area contributed by atoms with Crippen LogP contribution in [0.3, 0.4) is 0 Å². The Kier molecular flexibility index (Phi) is 1.44. The van der Waals surface area contributed by atoms with Crippen LogP contribution in [-0.4, -0.2) is 24.6 Å². The molecule has 0 bridgehead atoms. The summed E-state index contributed by atoms with van der Waals surface area (Å²) in [5.41, 5.74) is 0. The average Bonchev–Trinajstić information content (AvgIpc) is 1.98. The van der Waals surface area contributed by atoms with Gasteiger partial charge in [-0.05, 0) is 15.9 Å². The summed E-state index contributed by atoms with van der Waals surface area (Å²) in [6, 6.07) is 0. The van der Waals surface area contributed by atoms with Crippen molar-refractivity contribution in [3.05, 3.63) is 10.6 Å². The van der Waals surface area contributed by atoms with Gasteiger partial charge in [-0.3, -0.25) is 9.59 Å². The predicted octanol–water partition coefficient (Wildman–Crippen LogP) is -0.283. The lowest BCUT2D eigenvalue weighted by molar-refractivity contribution is -0.131. The second-order valence-corrected chi connectivity index (χ2v) is 2.36. The number of halogens is 1. The second-order valence-electron chi connectivity index (χ2n) is 1.51. The maximum atomic E-state index is 10.6. The first-order valence-corrected chi connectivity index (χ1v) is 2.92. The van der Waals surface area contributed by atoms with Crippen LogP contribution in [0, 0.1) is 0 Å². The normalized spacial score (nSPS) is 18.8. The van der Waals surface area contributed by atoms with Gasteiger partial charge in [0.2, 0.25) is 13.9 Å². The molecule has 9 heavy (non-hydrogen) atoms. The van der Waals surface area contributed by atoms with Crippen LogP contribution >= 0.6 is 15.9 Å². The van der Waals surface area contributed by atoms with Crippen molar-refractivity contribution < 1.29 is 9.59 Å². The molecule has 0 aromatic carbocycles. The first kappa shape index (κ1) is 6.54. The van der Waals surface area contributed by atoms with E-state index in [0.717, 1.165) is 6.08 Å². The SMILES string of the molecule is [B]N1C(=O)C=C(Br)C1=O. The molecule has 1 rings (SSSR count). The minimum absolute atomic E-state index is 0.204. The number of carbonyl (C=O) groups is 2. The van der Waals surface area contributed by atoms with E-state index >= 15 is 0 Å². The summed E-state index contributed by atoms with van der Waals surface area (Å²) in [6.45, 7) is 0. The molecule has 2 amide bonds. The van der Waals surface area contributed by atoms with Crippen LogP contribution in [0.5, 0.6) is 0 Å². The fraction of sp³-hybridized carbons (Fsp3) is 0. The molecule has 0 N–H and O–H groups in total. The lowest BCUT2D eigenvalue weighted by Gasteiger charge is -2.03. The molecule has 0 aromatic rings. The highest BCUT2D eigenvalue weighted by molar-refractivity contribution is 9.12. The molecule has 0 aliphatic carbocycles. The molecule has 0 fully saturated rings. The van der Waals surface area contributed by atoms with E-state index in [0.29, 0.717) is 4.81 Å². The summed E-state index contributed by atoms with van der Waals surface area (Å²) in [6.07, 6.45) is 1.13. The molecule has 0 saturated heterocycles. The van der Waals surface area contributed by atoms with Gasteiger partial charge in [0.25, 0.3) is 5.91 Å². The van der Waals surface area contributed by atoms with Crippen LogP contribution in [0.4, 0.5) is 0 Å². The van der Waals surface area contributed by atoms with Gasteiger partial charge in [-0.2, -0.15) is 0 Å². The lowest BCUT2D eigenvalue weighted by atomic mass is 10.3. The average molecular weight is 186 g/mol. The van der Waals surface area contributed by atoms with Crippen LogP contribution in [0.15, 0.2) is 10.6 Å². The minimum Gasteiger partial charge on any atom is -0.333 e. The molecule has 1 aliphatic rings. The van der Waals surface area contributed by atoms with Crippen molar-refractivity contribution in [1.29, 1.82) is 0 Å². The third kappa shape index (κ3) is 0.918. The van der Waals surface area contributed by atoms with Crippen molar-refractivity contribution in [1.82, 2.24) is 4.81 Å². The third-order valence-corrected chi connectivity index (χ3v) is 1.48. The molecule has 1 heterocycles. The van der Waals surface area contributed by atoms with Gasteiger partial charge in [0.15, 0.2) is 0 Å². The van der Waals surface area contributed by atoms with Crippen LogP contribution in [-0.2, 0) is 9.59 Å². The molecule has 5 heteroatoms. The maximum Gasteiger partial charge on any atom is 0.254 e. The van der Waals surface area contributed by atoms with E-state index in [2.05, 4.69) is 15.9 Å². The second kappa shape index (κ2) is 1.99. The first-order chi connectivity index (χ1) is 4.13. The highest BCUT2D eigenvalue weighted by Gasteiger charge is 2.24. The van der Waals surface area contributed by atoms with Gasteiger partial charge in [-0.15, -0.1) is 0 Å². The van der Waals surface area contributed by atoms with E-state index in [4.69, 9.17) is 7.98 Å². The maximum absolute atomic E-state index is 10.6. The summed E-state index contributed by atoms with van der Waals surface area (Å²) < 4.78 is 0.204. The summed E-state index contributed by atoms with van der Waals surface area (Å²) in [5, 5.41) is 0.